The fourth-order valence-corrected chi connectivity index (χ4v) is 4.63. The Bertz CT molecular complexity index is 400. The first kappa shape index (κ1) is 9.23. The molecule has 3 fully saturated rings. The standard InChI is InChI=1S/C13H16O3/c1-15-11(14)6-8-5-10-9-4-7-2-3-16-13(9,10)12(7)8/h5,7,9-10,12H,2-4,6H2,1H3. The van der Waals surface area contributed by atoms with Gasteiger partial charge in [-0.2, -0.15) is 0 Å². The number of ether oxygens (including phenoxy) is 2. The molecule has 1 heterocycles. The van der Waals surface area contributed by atoms with Gasteiger partial charge in [-0.25, -0.2) is 0 Å². The predicted molar refractivity (Wildman–Crippen MR) is 56.6 cm³/mol. The van der Waals surface area contributed by atoms with E-state index in [-0.39, 0.29) is 11.6 Å². The zero-order valence-corrected chi connectivity index (χ0v) is 9.44. The van der Waals surface area contributed by atoms with Gasteiger partial charge in [0.25, 0.3) is 0 Å². The lowest BCUT2D eigenvalue weighted by Crippen LogP contribution is -2.35. The molecule has 1 spiro atoms. The molecule has 16 heavy (non-hydrogen) atoms. The molecule has 3 nitrogen and oxygen atoms in total. The summed E-state index contributed by atoms with van der Waals surface area (Å²) in [6, 6.07) is 0. The molecule has 4 rings (SSSR count). The number of hydrogen-bond donors (Lipinski definition) is 0. The van der Waals surface area contributed by atoms with Gasteiger partial charge in [0.2, 0.25) is 0 Å². The third-order valence-corrected chi connectivity index (χ3v) is 5.15. The average molecular weight is 220 g/mol. The van der Waals surface area contributed by atoms with Crippen LogP contribution < -0.4 is 0 Å². The van der Waals surface area contributed by atoms with Gasteiger partial charge in [-0.05, 0) is 24.7 Å². The summed E-state index contributed by atoms with van der Waals surface area (Å²) in [6.45, 7) is 0.924. The van der Waals surface area contributed by atoms with Crippen LogP contribution in [0.15, 0.2) is 11.6 Å². The van der Waals surface area contributed by atoms with Crippen LogP contribution in [0.25, 0.3) is 0 Å². The van der Waals surface area contributed by atoms with Gasteiger partial charge >= 0.3 is 5.97 Å². The van der Waals surface area contributed by atoms with Crippen LogP contribution in [0, 0.1) is 23.7 Å². The SMILES string of the molecule is COC(=O)CC1=CC2C3CC4CCOC23C14. The molecule has 2 saturated carbocycles. The molecule has 0 N–H and O–H groups in total. The zero-order chi connectivity index (χ0) is 10.9. The van der Waals surface area contributed by atoms with Gasteiger partial charge in [-0.15, -0.1) is 0 Å². The second kappa shape index (κ2) is 2.70. The van der Waals surface area contributed by atoms with Crippen LogP contribution in [0.3, 0.4) is 0 Å². The lowest BCUT2D eigenvalue weighted by molar-refractivity contribution is -0.140. The van der Waals surface area contributed by atoms with Crippen molar-refractivity contribution in [2.75, 3.05) is 13.7 Å². The molecule has 86 valence electrons. The van der Waals surface area contributed by atoms with Crippen molar-refractivity contribution in [2.45, 2.75) is 24.9 Å². The first-order chi connectivity index (χ1) is 7.77. The Balaban J connectivity index is 1.64. The highest BCUT2D eigenvalue weighted by molar-refractivity contribution is 5.73. The summed E-state index contributed by atoms with van der Waals surface area (Å²) in [7, 11) is 1.46. The fourth-order valence-electron chi connectivity index (χ4n) is 4.63. The summed E-state index contributed by atoms with van der Waals surface area (Å²) < 4.78 is 10.8. The maximum absolute atomic E-state index is 11.4. The Hall–Kier alpha value is -0.830. The van der Waals surface area contributed by atoms with Crippen molar-refractivity contribution in [1.29, 1.82) is 0 Å². The summed E-state index contributed by atoms with van der Waals surface area (Å²) >= 11 is 0. The number of rotatable bonds is 2. The fraction of sp³-hybridized carbons (Fsp3) is 0.769. The lowest BCUT2D eigenvalue weighted by atomic mass is 9.82. The molecular formula is C13H16O3. The molecular weight excluding hydrogens is 204 g/mol. The van der Waals surface area contributed by atoms with Crippen molar-refractivity contribution in [1.82, 2.24) is 0 Å². The Kier molecular flexibility index (Phi) is 1.56. The molecule has 1 aliphatic heterocycles. The van der Waals surface area contributed by atoms with E-state index in [0.717, 1.165) is 18.4 Å². The van der Waals surface area contributed by atoms with E-state index < -0.39 is 0 Å². The zero-order valence-electron chi connectivity index (χ0n) is 9.44. The second-order valence-electron chi connectivity index (χ2n) is 5.59. The van der Waals surface area contributed by atoms with Crippen LogP contribution in [0.2, 0.25) is 0 Å². The number of fused-ring (bicyclic) bond motifs is 1. The van der Waals surface area contributed by atoms with Crippen molar-refractivity contribution >= 4 is 5.97 Å². The van der Waals surface area contributed by atoms with Crippen LogP contribution in [0.5, 0.6) is 0 Å². The van der Waals surface area contributed by atoms with Gasteiger partial charge in [-0.3, -0.25) is 4.79 Å². The molecule has 5 atom stereocenters. The smallest absolute Gasteiger partial charge is 0.309 e. The highest BCUT2D eigenvalue weighted by Gasteiger charge is 2.78. The molecule has 0 amide bonds. The van der Waals surface area contributed by atoms with Gasteiger partial charge in [0, 0.05) is 18.4 Å². The van der Waals surface area contributed by atoms with Crippen molar-refractivity contribution in [2.24, 2.45) is 23.7 Å². The molecule has 3 aliphatic carbocycles. The van der Waals surface area contributed by atoms with Gasteiger partial charge in [0.05, 0.1) is 19.1 Å². The summed E-state index contributed by atoms with van der Waals surface area (Å²) in [6.07, 6.45) is 5.29. The van der Waals surface area contributed by atoms with Crippen LogP contribution in [-0.2, 0) is 14.3 Å². The van der Waals surface area contributed by atoms with E-state index in [1.165, 1.54) is 25.5 Å². The predicted octanol–water partition coefficient (Wildman–Crippen LogP) is 1.53. The quantitative estimate of drug-likeness (QED) is 0.523. The summed E-state index contributed by atoms with van der Waals surface area (Å²) in [5.41, 5.74) is 1.45. The summed E-state index contributed by atoms with van der Waals surface area (Å²) in [5.74, 6) is 2.59. The van der Waals surface area contributed by atoms with Crippen LogP contribution >= 0.6 is 0 Å². The van der Waals surface area contributed by atoms with Crippen molar-refractivity contribution < 1.29 is 14.3 Å². The molecule has 0 aromatic rings. The lowest BCUT2D eigenvalue weighted by Gasteiger charge is -2.33. The number of hydrogen-bond acceptors (Lipinski definition) is 3. The van der Waals surface area contributed by atoms with Gasteiger partial charge < -0.3 is 9.47 Å². The first-order valence-corrected chi connectivity index (χ1v) is 6.18. The molecule has 2 bridgehead atoms. The van der Waals surface area contributed by atoms with E-state index in [9.17, 15) is 4.79 Å². The van der Waals surface area contributed by atoms with E-state index in [1.54, 1.807) is 0 Å². The van der Waals surface area contributed by atoms with Crippen molar-refractivity contribution in [3.8, 4) is 0 Å². The number of carbonyl (C=O) groups excluding carboxylic acids is 1. The van der Waals surface area contributed by atoms with Crippen LogP contribution in [0.4, 0.5) is 0 Å². The normalized spacial score (nSPS) is 50.9. The Morgan fingerprint density at radius 3 is 3.38 bits per heavy atom. The topological polar surface area (TPSA) is 35.5 Å². The molecule has 0 aromatic carbocycles. The molecule has 1 saturated heterocycles. The van der Waals surface area contributed by atoms with E-state index in [2.05, 4.69) is 6.08 Å². The van der Waals surface area contributed by atoms with Crippen molar-refractivity contribution in [3.05, 3.63) is 11.6 Å². The number of methoxy groups -OCH3 is 1. The molecule has 0 radical (unpaired) electrons. The Morgan fingerprint density at radius 2 is 2.56 bits per heavy atom. The van der Waals surface area contributed by atoms with E-state index in [1.807, 2.05) is 0 Å². The van der Waals surface area contributed by atoms with Gasteiger partial charge in [0.15, 0.2) is 0 Å². The highest BCUT2D eigenvalue weighted by Crippen LogP contribution is 2.76. The minimum absolute atomic E-state index is 0.106. The number of esters is 1. The largest absolute Gasteiger partial charge is 0.469 e. The van der Waals surface area contributed by atoms with E-state index >= 15 is 0 Å². The monoisotopic (exact) mass is 220 g/mol. The summed E-state index contributed by atoms with van der Waals surface area (Å²) in [5, 5.41) is 0. The minimum Gasteiger partial charge on any atom is -0.469 e. The third-order valence-electron chi connectivity index (χ3n) is 5.15. The molecule has 0 aromatic heterocycles. The van der Waals surface area contributed by atoms with E-state index in [4.69, 9.17) is 9.47 Å². The maximum atomic E-state index is 11.4. The molecule has 3 heteroatoms. The van der Waals surface area contributed by atoms with E-state index in [0.29, 0.717) is 18.3 Å². The van der Waals surface area contributed by atoms with Crippen molar-refractivity contribution in [3.63, 3.8) is 0 Å². The molecule has 4 aliphatic rings. The van der Waals surface area contributed by atoms with Crippen LogP contribution in [-0.4, -0.2) is 25.3 Å². The molecule has 5 unspecified atom stereocenters. The Morgan fingerprint density at radius 1 is 1.69 bits per heavy atom. The highest BCUT2D eigenvalue weighted by atomic mass is 16.5. The third kappa shape index (κ3) is 0.841. The summed E-state index contributed by atoms with van der Waals surface area (Å²) in [4.78, 5) is 11.4. The second-order valence-corrected chi connectivity index (χ2v) is 5.59. The maximum Gasteiger partial charge on any atom is 0.309 e. The van der Waals surface area contributed by atoms with Gasteiger partial charge in [-0.1, -0.05) is 11.6 Å². The minimum atomic E-state index is -0.106. The first-order valence-electron chi connectivity index (χ1n) is 6.18. The Labute approximate surface area is 94.8 Å². The van der Waals surface area contributed by atoms with Crippen LogP contribution in [0.1, 0.15) is 19.3 Å². The van der Waals surface area contributed by atoms with Gasteiger partial charge in [0.1, 0.15) is 0 Å². The average Bonchev–Trinajstić information content (AvgIpc) is 2.68. The number of carbonyl (C=O) groups is 1.